The standard InChI is InChI=1S/C17H18Cl2N2/c18-15-7-3-1-5-13(15)17(21-11-9-20-10-12-21)14-6-2-4-8-16(14)19/h1-8,17,20H,9-12H2. The molecule has 0 unspecified atom stereocenters. The van der Waals surface area contributed by atoms with E-state index in [0.29, 0.717) is 0 Å². The Morgan fingerprint density at radius 3 is 1.76 bits per heavy atom. The van der Waals surface area contributed by atoms with Gasteiger partial charge in [0, 0.05) is 36.2 Å². The number of hydrogen-bond acceptors (Lipinski definition) is 2. The highest BCUT2D eigenvalue weighted by molar-refractivity contribution is 6.32. The quantitative estimate of drug-likeness (QED) is 0.920. The number of hydrogen-bond donors (Lipinski definition) is 1. The molecule has 3 rings (SSSR count). The minimum absolute atomic E-state index is 0.106. The minimum atomic E-state index is 0.106. The van der Waals surface area contributed by atoms with Crippen molar-refractivity contribution in [2.24, 2.45) is 0 Å². The molecule has 4 heteroatoms. The van der Waals surface area contributed by atoms with Gasteiger partial charge in [0.1, 0.15) is 0 Å². The minimum Gasteiger partial charge on any atom is -0.314 e. The Hall–Kier alpha value is -1.06. The lowest BCUT2D eigenvalue weighted by molar-refractivity contribution is 0.198. The van der Waals surface area contributed by atoms with Crippen LogP contribution in [0.1, 0.15) is 17.2 Å². The number of piperazine rings is 1. The average Bonchev–Trinajstić information content (AvgIpc) is 2.52. The zero-order valence-corrected chi connectivity index (χ0v) is 13.2. The second-order valence-corrected chi connectivity index (χ2v) is 6.05. The van der Waals surface area contributed by atoms with Crippen LogP contribution in [0.5, 0.6) is 0 Å². The lowest BCUT2D eigenvalue weighted by Crippen LogP contribution is -2.45. The van der Waals surface area contributed by atoms with Crippen LogP contribution < -0.4 is 5.32 Å². The zero-order chi connectivity index (χ0) is 14.7. The summed E-state index contributed by atoms with van der Waals surface area (Å²) in [5.41, 5.74) is 2.24. The van der Waals surface area contributed by atoms with Crippen LogP contribution in [0.25, 0.3) is 0 Å². The lowest BCUT2D eigenvalue weighted by atomic mass is 9.96. The maximum absolute atomic E-state index is 6.46. The van der Waals surface area contributed by atoms with Gasteiger partial charge in [-0.2, -0.15) is 0 Å². The Bertz CT molecular complexity index is 564. The first-order chi connectivity index (χ1) is 10.3. The number of nitrogens with one attached hydrogen (secondary N) is 1. The van der Waals surface area contributed by atoms with Crippen molar-refractivity contribution in [1.29, 1.82) is 0 Å². The third-order valence-corrected chi connectivity index (χ3v) is 4.60. The Kier molecular flexibility index (Phi) is 4.81. The molecule has 110 valence electrons. The molecule has 2 nitrogen and oxygen atoms in total. The van der Waals surface area contributed by atoms with Crippen LogP contribution in [0.4, 0.5) is 0 Å². The number of halogens is 2. The molecule has 2 aromatic carbocycles. The fourth-order valence-corrected chi connectivity index (χ4v) is 3.37. The van der Waals surface area contributed by atoms with E-state index in [2.05, 4.69) is 22.3 Å². The fraction of sp³-hybridized carbons (Fsp3) is 0.294. The first kappa shape index (κ1) is 14.9. The van der Waals surface area contributed by atoms with Crippen LogP contribution in [0.15, 0.2) is 48.5 Å². The summed E-state index contributed by atoms with van der Waals surface area (Å²) in [5.74, 6) is 0. The lowest BCUT2D eigenvalue weighted by Gasteiger charge is -2.36. The molecule has 1 aliphatic rings. The molecule has 21 heavy (non-hydrogen) atoms. The Morgan fingerprint density at radius 1 is 0.810 bits per heavy atom. The summed E-state index contributed by atoms with van der Waals surface area (Å²) in [6, 6.07) is 16.2. The van der Waals surface area contributed by atoms with E-state index >= 15 is 0 Å². The molecule has 0 saturated carbocycles. The predicted octanol–water partition coefficient (Wildman–Crippen LogP) is 3.99. The van der Waals surface area contributed by atoms with E-state index in [1.165, 1.54) is 0 Å². The maximum atomic E-state index is 6.46. The first-order valence-corrected chi connectivity index (χ1v) is 7.96. The van der Waals surface area contributed by atoms with E-state index in [1.54, 1.807) is 0 Å². The number of nitrogens with zero attached hydrogens (tertiary/aromatic N) is 1. The molecular formula is C17H18Cl2N2. The summed E-state index contributed by atoms with van der Waals surface area (Å²) in [7, 11) is 0. The molecule has 0 atom stereocenters. The van der Waals surface area contributed by atoms with Crippen LogP contribution in [0.2, 0.25) is 10.0 Å². The second-order valence-electron chi connectivity index (χ2n) is 5.23. The van der Waals surface area contributed by atoms with Crippen LogP contribution in [0.3, 0.4) is 0 Å². The molecule has 1 heterocycles. The van der Waals surface area contributed by atoms with Gasteiger partial charge >= 0.3 is 0 Å². The molecule has 0 spiro atoms. The third kappa shape index (κ3) is 3.24. The topological polar surface area (TPSA) is 15.3 Å². The molecule has 1 saturated heterocycles. The van der Waals surface area contributed by atoms with Gasteiger partial charge in [0.05, 0.1) is 6.04 Å². The van der Waals surface area contributed by atoms with Gasteiger partial charge in [0.25, 0.3) is 0 Å². The van der Waals surface area contributed by atoms with Crippen molar-refractivity contribution < 1.29 is 0 Å². The zero-order valence-electron chi connectivity index (χ0n) is 11.7. The molecule has 2 aromatic rings. The van der Waals surface area contributed by atoms with Crippen molar-refractivity contribution >= 4 is 23.2 Å². The molecule has 0 bridgehead atoms. The maximum Gasteiger partial charge on any atom is 0.0632 e. The van der Waals surface area contributed by atoms with Crippen LogP contribution in [0, 0.1) is 0 Å². The molecular weight excluding hydrogens is 303 g/mol. The van der Waals surface area contributed by atoms with Gasteiger partial charge in [-0.3, -0.25) is 4.90 Å². The van der Waals surface area contributed by atoms with Gasteiger partial charge in [0.2, 0.25) is 0 Å². The molecule has 1 aliphatic heterocycles. The van der Waals surface area contributed by atoms with Crippen LogP contribution in [-0.4, -0.2) is 31.1 Å². The van der Waals surface area contributed by atoms with E-state index in [-0.39, 0.29) is 6.04 Å². The van der Waals surface area contributed by atoms with E-state index in [4.69, 9.17) is 23.2 Å². The van der Waals surface area contributed by atoms with Gasteiger partial charge in [-0.1, -0.05) is 59.6 Å². The Morgan fingerprint density at radius 2 is 1.29 bits per heavy atom. The molecule has 0 aliphatic carbocycles. The van der Waals surface area contributed by atoms with Gasteiger partial charge < -0.3 is 5.32 Å². The highest BCUT2D eigenvalue weighted by Crippen LogP contribution is 2.36. The van der Waals surface area contributed by atoms with E-state index in [1.807, 2.05) is 36.4 Å². The molecule has 1 N–H and O–H groups in total. The van der Waals surface area contributed by atoms with E-state index in [9.17, 15) is 0 Å². The van der Waals surface area contributed by atoms with Crippen molar-refractivity contribution in [2.45, 2.75) is 6.04 Å². The van der Waals surface area contributed by atoms with Crippen LogP contribution >= 0.6 is 23.2 Å². The molecule has 0 aromatic heterocycles. The molecule has 0 amide bonds. The summed E-state index contributed by atoms with van der Waals surface area (Å²) in [5, 5.41) is 4.98. The molecule has 1 fully saturated rings. The SMILES string of the molecule is Clc1ccccc1C(c1ccccc1Cl)N1CCNCC1. The van der Waals surface area contributed by atoms with Crippen molar-refractivity contribution in [3.8, 4) is 0 Å². The van der Waals surface area contributed by atoms with Crippen LogP contribution in [-0.2, 0) is 0 Å². The Balaban J connectivity index is 2.07. The van der Waals surface area contributed by atoms with E-state index in [0.717, 1.165) is 47.4 Å². The van der Waals surface area contributed by atoms with Gasteiger partial charge in [0.15, 0.2) is 0 Å². The first-order valence-electron chi connectivity index (χ1n) is 7.21. The van der Waals surface area contributed by atoms with Gasteiger partial charge in [-0.15, -0.1) is 0 Å². The van der Waals surface area contributed by atoms with Crippen molar-refractivity contribution in [3.05, 3.63) is 69.7 Å². The summed E-state index contributed by atoms with van der Waals surface area (Å²) in [4.78, 5) is 2.44. The highest BCUT2D eigenvalue weighted by atomic mass is 35.5. The van der Waals surface area contributed by atoms with Gasteiger partial charge in [-0.05, 0) is 23.3 Å². The number of rotatable bonds is 3. The normalized spacial score (nSPS) is 16.3. The predicted molar refractivity (Wildman–Crippen MR) is 89.2 cm³/mol. The monoisotopic (exact) mass is 320 g/mol. The van der Waals surface area contributed by atoms with Crippen molar-refractivity contribution in [3.63, 3.8) is 0 Å². The van der Waals surface area contributed by atoms with Gasteiger partial charge in [-0.25, -0.2) is 0 Å². The van der Waals surface area contributed by atoms with Crippen molar-refractivity contribution in [2.75, 3.05) is 26.2 Å². The highest BCUT2D eigenvalue weighted by Gasteiger charge is 2.26. The third-order valence-electron chi connectivity index (χ3n) is 3.92. The second kappa shape index (κ2) is 6.80. The summed E-state index contributed by atoms with van der Waals surface area (Å²) in [6.45, 7) is 3.96. The largest absolute Gasteiger partial charge is 0.314 e. The van der Waals surface area contributed by atoms with E-state index < -0.39 is 0 Å². The Labute approximate surface area is 135 Å². The summed E-state index contributed by atoms with van der Waals surface area (Å²) < 4.78 is 0. The fourth-order valence-electron chi connectivity index (χ4n) is 2.89. The summed E-state index contributed by atoms with van der Waals surface area (Å²) in [6.07, 6.45) is 0. The van der Waals surface area contributed by atoms with Crippen molar-refractivity contribution in [1.82, 2.24) is 10.2 Å². The smallest absolute Gasteiger partial charge is 0.0632 e. The number of benzene rings is 2. The average molecular weight is 321 g/mol. The summed E-state index contributed by atoms with van der Waals surface area (Å²) >= 11 is 12.9. The molecule has 0 radical (unpaired) electrons.